The molecule has 86 valence electrons. The Bertz CT molecular complexity index is 429. The fraction of sp³-hybridized carbons (Fsp3) is 0.125. The van der Waals surface area contributed by atoms with Crippen molar-refractivity contribution in [1.82, 2.24) is 10.2 Å². The zero-order valence-corrected chi connectivity index (χ0v) is 9.57. The van der Waals surface area contributed by atoms with E-state index in [-0.39, 0.29) is 22.6 Å². The van der Waals surface area contributed by atoms with Crippen LogP contribution in [0.1, 0.15) is 10.5 Å². The van der Waals surface area contributed by atoms with Gasteiger partial charge in [0.25, 0.3) is 0 Å². The van der Waals surface area contributed by atoms with Crippen LogP contribution in [0, 0.1) is 0 Å². The van der Waals surface area contributed by atoms with Gasteiger partial charge in [-0.05, 0) is 15.9 Å². The van der Waals surface area contributed by atoms with Crippen LogP contribution in [0.5, 0.6) is 0 Å². The van der Waals surface area contributed by atoms with E-state index in [2.05, 4.69) is 42.8 Å². The van der Waals surface area contributed by atoms with Crippen molar-refractivity contribution in [2.75, 3.05) is 11.9 Å². The van der Waals surface area contributed by atoms with Gasteiger partial charge in [0.2, 0.25) is 0 Å². The highest BCUT2D eigenvalue weighted by Gasteiger charge is 2.17. The van der Waals surface area contributed by atoms with Crippen molar-refractivity contribution in [2.24, 2.45) is 0 Å². The molecule has 0 saturated heterocycles. The Labute approximate surface area is 98.6 Å². The van der Waals surface area contributed by atoms with Gasteiger partial charge in [0.15, 0.2) is 11.5 Å². The summed E-state index contributed by atoms with van der Waals surface area (Å²) >= 11 is 2.98. The van der Waals surface area contributed by atoms with Crippen LogP contribution in [0.25, 0.3) is 0 Å². The summed E-state index contributed by atoms with van der Waals surface area (Å²) in [5.74, 6) is -1.14. The maximum atomic E-state index is 11.1. The highest BCUT2D eigenvalue weighted by Crippen LogP contribution is 2.23. The normalized spacial score (nSPS) is 9.56. The van der Waals surface area contributed by atoms with Gasteiger partial charge in [-0.1, -0.05) is 12.7 Å². The molecule has 1 amide bonds. The predicted molar refractivity (Wildman–Crippen MR) is 58.4 cm³/mol. The smallest absolute Gasteiger partial charge is 0.413 e. The highest BCUT2D eigenvalue weighted by molar-refractivity contribution is 9.10. The second-order valence-corrected chi connectivity index (χ2v) is 3.37. The lowest BCUT2D eigenvalue weighted by atomic mass is 10.4. The first kappa shape index (κ1) is 12.2. The van der Waals surface area contributed by atoms with E-state index in [4.69, 9.17) is 5.11 Å². The summed E-state index contributed by atoms with van der Waals surface area (Å²) in [6.45, 7) is 3.43. The number of aromatic amines is 1. The molecular formula is C8H8BrN3O4. The molecule has 0 spiro atoms. The van der Waals surface area contributed by atoms with Gasteiger partial charge in [0, 0.05) is 0 Å². The van der Waals surface area contributed by atoms with E-state index in [0.29, 0.717) is 0 Å². The van der Waals surface area contributed by atoms with Gasteiger partial charge in [-0.15, -0.1) is 0 Å². The van der Waals surface area contributed by atoms with E-state index in [1.54, 1.807) is 0 Å². The fourth-order valence-corrected chi connectivity index (χ4v) is 1.27. The molecule has 0 atom stereocenters. The summed E-state index contributed by atoms with van der Waals surface area (Å²) in [7, 11) is 0. The second kappa shape index (κ2) is 5.31. The Hall–Kier alpha value is -1.83. The van der Waals surface area contributed by atoms with Crippen LogP contribution in [0.2, 0.25) is 0 Å². The van der Waals surface area contributed by atoms with E-state index >= 15 is 0 Å². The van der Waals surface area contributed by atoms with Crippen molar-refractivity contribution in [3.8, 4) is 0 Å². The molecule has 0 fully saturated rings. The Balaban J connectivity index is 2.71. The van der Waals surface area contributed by atoms with Gasteiger partial charge in [-0.2, -0.15) is 5.10 Å². The van der Waals surface area contributed by atoms with Crippen molar-refractivity contribution >= 4 is 33.8 Å². The summed E-state index contributed by atoms with van der Waals surface area (Å²) in [6.07, 6.45) is 0.658. The minimum Gasteiger partial charge on any atom is -0.476 e. The topological polar surface area (TPSA) is 104 Å². The van der Waals surface area contributed by atoms with Crippen LogP contribution in [0.4, 0.5) is 10.6 Å². The van der Waals surface area contributed by atoms with E-state index in [1.807, 2.05) is 0 Å². The number of aromatic carboxylic acids is 1. The van der Waals surface area contributed by atoms with Crippen molar-refractivity contribution in [2.45, 2.75) is 0 Å². The first-order chi connectivity index (χ1) is 7.56. The third kappa shape index (κ3) is 2.83. The summed E-state index contributed by atoms with van der Waals surface area (Å²) in [6, 6.07) is 0. The van der Waals surface area contributed by atoms with Crippen LogP contribution >= 0.6 is 15.9 Å². The highest BCUT2D eigenvalue weighted by atomic mass is 79.9. The number of carbonyl (C=O) groups is 2. The molecular weight excluding hydrogens is 282 g/mol. The molecule has 7 nitrogen and oxygen atoms in total. The number of hydrogen-bond donors (Lipinski definition) is 3. The fourth-order valence-electron chi connectivity index (χ4n) is 0.820. The number of ether oxygens (including phenoxy) is 1. The predicted octanol–water partition coefficient (Wildman–Crippen LogP) is 1.60. The quantitative estimate of drug-likeness (QED) is 0.731. The second-order valence-electron chi connectivity index (χ2n) is 2.58. The SMILES string of the molecule is C=CCOC(=O)Nc1n[nH]c(C(=O)O)c1Br. The first-order valence-corrected chi connectivity index (χ1v) is 4.87. The number of aromatic nitrogens is 2. The van der Waals surface area contributed by atoms with Gasteiger partial charge in [-0.3, -0.25) is 10.4 Å². The van der Waals surface area contributed by atoms with Gasteiger partial charge >= 0.3 is 12.1 Å². The van der Waals surface area contributed by atoms with Crippen LogP contribution in [-0.4, -0.2) is 34.0 Å². The van der Waals surface area contributed by atoms with Crippen molar-refractivity contribution < 1.29 is 19.4 Å². The zero-order chi connectivity index (χ0) is 12.1. The lowest BCUT2D eigenvalue weighted by Crippen LogP contribution is -2.14. The van der Waals surface area contributed by atoms with E-state index in [1.165, 1.54) is 6.08 Å². The largest absolute Gasteiger partial charge is 0.476 e. The third-order valence-electron chi connectivity index (χ3n) is 1.47. The first-order valence-electron chi connectivity index (χ1n) is 4.08. The number of carbonyl (C=O) groups excluding carboxylic acids is 1. The molecule has 0 aliphatic carbocycles. The Morgan fingerprint density at radius 1 is 1.69 bits per heavy atom. The number of anilines is 1. The van der Waals surface area contributed by atoms with Gasteiger partial charge in [0.05, 0.1) is 4.47 Å². The molecule has 0 saturated carbocycles. The Morgan fingerprint density at radius 2 is 2.38 bits per heavy atom. The number of amides is 1. The number of hydrogen-bond acceptors (Lipinski definition) is 4. The zero-order valence-electron chi connectivity index (χ0n) is 7.99. The molecule has 16 heavy (non-hydrogen) atoms. The lowest BCUT2D eigenvalue weighted by molar-refractivity contribution is 0.0689. The van der Waals surface area contributed by atoms with E-state index < -0.39 is 12.1 Å². The van der Waals surface area contributed by atoms with Gasteiger partial charge in [0.1, 0.15) is 6.61 Å². The molecule has 0 aliphatic heterocycles. The minimum atomic E-state index is -1.19. The molecule has 1 heterocycles. The maximum absolute atomic E-state index is 11.1. The Kier molecular flexibility index (Phi) is 4.06. The molecule has 1 rings (SSSR count). The van der Waals surface area contributed by atoms with E-state index in [0.717, 1.165) is 0 Å². The average Bonchev–Trinajstić information content (AvgIpc) is 2.57. The summed E-state index contributed by atoms with van der Waals surface area (Å²) in [5.41, 5.74) is -0.154. The number of nitrogens with one attached hydrogen (secondary N) is 2. The average molecular weight is 290 g/mol. The number of halogens is 1. The van der Waals surface area contributed by atoms with Crippen LogP contribution in [0.3, 0.4) is 0 Å². The molecule has 0 aliphatic rings. The molecule has 1 aromatic rings. The number of nitrogens with zero attached hydrogens (tertiary/aromatic N) is 1. The monoisotopic (exact) mass is 289 g/mol. The summed E-state index contributed by atoms with van der Waals surface area (Å²) in [5, 5.41) is 16.8. The molecule has 3 N–H and O–H groups in total. The lowest BCUT2D eigenvalue weighted by Gasteiger charge is -2.01. The van der Waals surface area contributed by atoms with Crippen molar-refractivity contribution in [1.29, 1.82) is 0 Å². The molecule has 0 unspecified atom stereocenters. The third-order valence-corrected chi connectivity index (χ3v) is 2.25. The Morgan fingerprint density at radius 3 is 2.88 bits per heavy atom. The van der Waals surface area contributed by atoms with Crippen LogP contribution < -0.4 is 5.32 Å². The molecule has 0 radical (unpaired) electrons. The minimum absolute atomic E-state index is 0.0477. The number of carboxylic acids is 1. The molecule has 1 aromatic heterocycles. The summed E-state index contributed by atoms with van der Waals surface area (Å²) < 4.78 is 4.78. The van der Waals surface area contributed by atoms with Gasteiger partial charge in [-0.25, -0.2) is 9.59 Å². The standard InChI is InChI=1S/C8H8BrN3O4/c1-2-3-16-8(15)10-6-4(9)5(7(13)14)11-12-6/h2H,1,3H2,(H,13,14)(H2,10,11,12,15). The van der Waals surface area contributed by atoms with E-state index in [9.17, 15) is 9.59 Å². The van der Waals surface area contributed by atoms with Crippen molar-refractivity contribution in [3.05, 3.63) is 22.8 Å². The number of rotatable bonds is 4. The molecule has 0 bridgehead atoms. The van der Waals surface area contributed by atoms with Crippen molar-refractivity contribution in [3.63, 3.8) is 0 Å². The summed E-state index contributed by atoms with van der Waals surface area (Å²) in [4.78, 5) is 21.7. The van der Waals surface area contributed by atoms with Gasteiger partial charge < -0.3 is 9.84 Å². The maximum Gasteiger partial charge on any atom is 0.413 e. The number of H-pyrrole nitrogens is 1. The van der Waals surface area contributed by atoms with Crippen LogP contribution in [-0.2, 0) is 4.74 Å². The molecule has 8 heteroatoms. The number of carboxylic acid groups (broad SMARTS) is 1. The molecule has 0 aromatic carbocycles. The van der Waals surface area contributed by atoms with Crippen LogP contribution in [0.15, 0.2) is 17.1 Å².